The van der Waals surface area contributed by atoms with E-state index in [0.29, 0.717) is 0 Å². The topological polar surface area (TPSA) is 38.5 Å². The molecule has 1 saturated heterocycles. The number of benzene rings is 1. The summed E-state index contributed by atoms with van der Waals surface area (Å²) in [4.78, 5) is 2.55. The quantitative estimate of drug-likeness (QED) is 0.643. The van der Waals surface area contributed by atoms with Crippen LogP contribution in [0.2, 0.25) is 0 Å². The van der Waals surface area contributed by atoms with Gasteiger partial charge in [0.15, 0.2) is 0 Å². The number of anilines is 1. The molecule has 3 nitrogen and oxygen atoms in total. The van der Waals surface area contributed by atoms with Crippen LogP contribution in [0.5, 0.6) is 5.75 Å². The largest absolute Gasteiger partial charge is 0.493 e. The van der Waals surface area contributed by atoms with Gasteiger partial charge in [0.1, 0.15) is 5.75 Å². The standard InChI is InChI=1S/C15H24N2O/c1-13-5-3-8-17(12-13)9-4-10-18-15-7-2-6-14(16)11-15/h2,6-7,11,13H,3-5,8-10,12,16H2,1H3. The Kier molecular flexibility index (Phi) is 4.88. The van der Waals surface area contributed by atoms with E-state index in [1.54, 1.807) is 0 Å². The highest BCUT2D eigenvalue weighted by molar-refractivity contribution is 5.43. The number of piperidine rings is 1. The minimum Gasteiger partial charge on any atom is -0.493 e. The lowest BCUT2D eigenvalue weighted by molar-refractivity contribution is 0.170. The smallest absolute Gasteiger partial charge is 0.121 e. The molecule has 0 amide bonds. The molecule has 1 aromatic rings. The Labute approximate surface area is 110 Å². The highest BCUT2D eigenvalue weighted by Crippen LogP contribution is 2.16. The van der Waals surface area contributed by atoms with Gasteiger partial charge in [-0.25, -0.2) is 0 Å². The van der Waals surface area contributed by atoms with Crippen molar-refractivity contribution in [2.45, 2.75) is 26.2 Å². The van der Waals surface area contributed by atoms with E-state index in [0.717, 1.165) is 36.9 Å². The zero-order chi connectivity index (χ0) is 12.8. The van der Waals surface area contributed by atoms with E-state index >= 15 is 0 Å². The fourth-order valence-corrected chi connectivity index (χ4v) is 2.57. The van der Waals surface area contributed by atoms with Crippen molar-refractivity contribution in [3.05, 3.63) is 24.3 Å². The number of ether oxygens (including phenoxy) is 1. The molecule has 0 aliphatic carbocycles. The van der Waals surface area contributed by atoms with Crippen LogP contribution in [0.3, 0.4) is 0 Å². The molecule has 1 atom stereocenters. The molecule has 3 heteroatoms. The van der Waals surface area contributed by atoms with Gasteiger partial charge in [-0.2, -0.15) is 0 Å². The molecule has 1 aliphatic rings. The van der Waals surface area contributed by atoms with Gasteiger partial charge in [-0.05, 0) is 43.9 Å². The second kappa shape index (κ2) is 6.64. The van der Waals surface area contributed by atoms with E-state index in [1.165, 1.54) is 25.9 Å². The lowest BCUT2D eigenvalue weighted by Crippen LogP contribution is -2.35. The van der Waals surface area contributed by atoms with Crippen molar-refractivity contribution in [3.63, 3.8) is 0 Å². The van der Waals surface area contributed by atoms with Crippen molar-refractivity contribution < 1.29 is 4.74 Å². The van der Waals surface area contributed by atoms with Gasteiger partial charge < -0.3 is 15.4 Å². The number of rotatable bonds is 5. The Bertz CT molecular complexity index is 367. The molecule has 1 aliphatic heterocycles. The van der Waals surface area contributed by atoms with Gasteiger partial charge in [0.2, 0.25) is 0 Å². The molecule has 1 heterocycles. The molecule has 2 N–H and O–H groups in total. The third-order valence-corrected chi connectivity index (χ3v) is 3.49. The first-order valence-electron chi connectivity index (χ1n) is 6.95. The van der Waals surface area contributed by atoms with Crippen LogP contribution in [0.15, 0.2) is 24.3 Å². The first-order valence-corrected chi connectivity index (χ1v) is 6.95. The fourth-order valence-electron chi connectivity index (χ4n) is 2.57. The predicted molar refractivity (Wildman–Crippen MR) is 75.8 cm³/mol. The maximum Gasteiger partial charge on any atom is 0.121 e. The van der Waals surface area contributed by atoms with Crippen LogP contribution in [0.25, 0.3) is 0 Å². The van der Waals surface area contributed by atoms with Crippen molar-refractivity contribution >= 4 is 5.69 Å². The lowest BCUT2D eigenvalue weighted by Gasteiger charge is -2.30. The third-order valence-electron chi connectivity index (χ3n) is 3.49. The predicted octanol–water partition coefficient (Wildman–Crippen LogP) is 2.77. The molecule has 2 rings (SSSR count). The Morgan fingerprint density at radius 1 is 1.44 bits per heavy atom. The Balaban J connectivity index is 1.64. The van der Waals surface area contributed by atoms with Crippen molar-refractivity contribution in [2.24, 2.45) is 5.92 Å². The molecule has 0 radical (unpaired) electrons. The molecule has 0 bridgehead atoms. The number of nitrogens with zero attached hydrogens (tertiary/aromatic N) is 1. The van der Waals surface area contributed by atoms with Crippen LogP contribution in [0.4, 0.5) is 5.69 Å². The van der Waals surface area contributed by atoms with Gasteiger partial charge in [0.05, 0.1) is 6.61 Å². The molecule has 1 aromatic carbocycles. The van der Waals surface area contributed by atoms with E-state index in [2.05, 4.69) is 11.8 Å². The van der Waals surface area contributed by atoms with Gasteiger partial charge in [-0.1, -0.05) is 13.0 Å². The summed E-state index contributed by atoms with van der Waals surface area (Å²) < 4.78 is 5.70. The summed E-state index contributed by atoms with van der Waals surface area (Å²) in [5, 5.41) is 0. The number of hydrogen-bond donors (Lipinski definition) is 1. The van der Waals surface area contributed by atoms with Crippen molar-refractivity contribution in [3.8, 4) is 5.75 Å². The van der Waals surface area contributed by atoms with Gasteiger partial charge in [-0.15, -0.1) is 0 Å². The average Bonchev–Trinajstić information content (AvgIpc) is 2.35. The van der Waals surface area contributed by atoms with Gasteiger partial charge in [-0.3, -0.25) is 0 Å². The summed E-state index contributed by atoms with van der Waals surface area (Å²) in [5.41, 5.74) is 6.47. The normalized spacial score (nSPS) is 20.8. The summed E-state index contributed by atoms with van der Waals surface area (Å²) in [6.45, 7) is 6.76. The minimum absolute atomic E-state index is 0.761. The second-order valence-corrected chi connectivity index (χ2v) is 5.32. The maximum absolute atomic E-state index is 5.71. The summed E-state index contributed by atoms with van der Waals surface area (Å²) in [7, 11) is 0. The van der Waals surface area contributed by atoms with E-state index in [1.807, 2.05) is 24.3 Å². The zero-order valence-corrected chi connectivity index (χ0v) is 11.3. The molecule has 0 spiro atoms. The van der Waals surface area contributed by atoms with Crippen molar-refractivity contribution in [1.29, 1.82) is 0 Å². The van der Waals surface area contributed by atoms with Crippen LogP contribution >= 0.6 is 0 Å². The van der Waals surface area contributed by atoms with Crippen molar-refractivity contribution in [2.75, 3.05) is 32.0 Å². The van der Waals surface area contributed by atoms with Crippen molar-refractivity contribution in [1.82, 2.24) is 4.90 Å². The summed E-state index contributed by atoms with van der Waals surface area (Å²) in [5.74, 6) is 1.73. The van der Waals surface area contributed by atoms with E-state index in [4.69, 9.17) is 10.5 Å². The number of nitrogens with two attached hydrogens (primary N) is 1. The van der Waals surface area contributed by atoms with E-state index in [9.17, 15) is 0 Å². The maximum atomic E-state index is 5.71. The Morgan fingerprint density at radius 3 is 3.11 bits per heavy atom. The Morgan fingerprint density at radius 2 is 2.33 bits per heavy atom. The highest BCUT2D eigenvalue weighted by atomic mass is 16.5. The highest BCUT2D eigenvalue weighted by Gasteiger charge is 2.15. The summed E-state index contributed by atoms with van der Waals surface area (Å²) in [6, 6.07) is 7.64. The molecule has 0 saturated carbocycles. The van der Waals surface area contributed by atoms with Crippen LogP contribution in [-0.4, -0.2) is 31.1 Å². The van der Waals surface area contributed by atoms with Crippen LogP contribution in [0.1, 0.15) is 26.2 Å². The van der Waals surface area contributed by atoms with Crippen LogP contribution in [0, 0.1) is 5.92 Å². The fraction of sp³-hybridized carbons (Fsp3) is 0.600. The molecule has 0 aromatic heterocycles. The number of hydrogen-bond acceptors (Lipinski definition) is 3. The first kappa shape index (κ1) is 13.2. The first-order chi connectivity index (χ1) is 8.74. The number of likely N-dealkylation sites (tertiary alicyclic amines) is 1. The van der Waals surface area contributed by atoms with E-state index in [-0.39, 0.29) is 0 Å². The van der Waals surface area contributed by atoms with Crippen LogP contribution < -0.4 is 10.5 Å². The minimum atomic E-state index is 0.761. The zero-order valence-electron chi connectivity index (χ0n) is 11.3. The summed E-state index contributed by atoms with van der Waals surface area (Å²) >= 11 is 0. The van der Waals surface area contributed by atoms with E-state index < -0.39 is 0 Å². The SMILES string of the molecule is CC1CCCN(CCCOc2cccc(N)c2)C1. The Hall–Kier alpha value is -1.22. The van der Waals surface area contributed by atoms with Gasteiger partial charge in [0, 0.05) is 24.8 Å². The molecule has 18 heavy (non-hydrogen) atoms. The third kappa shape index (κ3) is 4.22. The molecular formula is C15H24N2O. The number of nitrogen functional groups attached to an aromatic ring is 1. The second-order valence-electron chi connectivity index (χ2n) is 5.32. The summed E-state index contributed by atoms with van der Waals surface area (Å²) in [6.07, 6.45) is 3.81. The lowest BCUT2D eigenvalue weighted by atomic mass is 10.0. The van der Waals surface area contributed by atoms with Crippen LogP contribution in [-0.2, 0) is 0 Å². The molecule has 1 unspecified atom stereocenters. The monoisotopic (exact) mass is 248 g/mol. The molecular weight excluding hydrogens is 224 g/mol. The van der Waals surface area contributed by atoms with Gasteiger partial charge in [0.25, 0.3) is 0 Å². The van der Waals surface area contributed by atoms with Gasteiger partial charge >= 0.3 is 0 Å². The molecule has 1 fully saturated rings. The average molecular weight is 248 g/mol. The molecule has 100 valence electrons.